The van der Waals surface area contributed by atoms with E-state index >= 15 is 0 Å². The molecule has 7 heteroatoms. The number of nitrogens with two attached hydrogens (primary N) is 1. The predicted octanol–water partition coefficient (Wildman–Crippen LogP) is 2.57. The highest BCUT2D eigenvalue weighted by molar-refractivity contribution is 7.21. The first-order valence-corrected chi connectivity index (χ1v) is 8.20. The number of nitrogen functional groups attached to an aromatic ring is 1. The molecule has 0 fully saturated rings. The summed E-state index contributed by atoms with van der Waals surface area (Å²) in [7, 11) is 0. The summed E-state index contributed by atoms with van der Waals surface area (Å²) >= 11 is 1.19. The lowest BCUT2D eigenvalue weighted by molar-refractivity contribution is -0.129. The third-order valence-corrected chi connectivity index (χ3v) is 4.37. The number of amides is 1. The number of esters is 1. The zero-order valence-electron chi connectivity index (χ0n) is 13.9. The molecule has 0 aliphatic heterocycles. The fourth-order valence-electron chi connectivity index (χ4n) is 2.29. The number of aromatic nitrogens is 1. The van der Waals surface area contributed by atoms with E-state index in [1.807, 2.05) is 33.8 Å². The van der Waals surface area contributed by atoms with Gasteiger partial charge in [0.25, 0.3) is 5.91 Å². The van der Waals surface area contributed by atoms with Gasteiger partial charge in [-0.2, -0.15) is 0 Å². The highest BCUT2D eigenvalue weighted by Gasteiger charge is 2.24. The quantitative estimate of drug-likeness (QED) is 0.838. The first kappa shape index (κ1) is 17.2. The van der Waals surface area contributed by atoms with Crippen LogP contribution in [0, 0.1) is 13.8 Å². The van der Waals surface area contributed by atoms with E-state index in [9.17, 15) is 9.59 Å². The molecule has 2 heterocycles. The van der Waals surface area contributed by atoms with Gasteiger partial charge in [0.05, 0.1) is 5.69 Å². The van der Waals surface area contributed by atoms with E-state index in [-0.39, 0.29) is 16.8 Å². The van der Waals surface area contributed by atoms with Crippen molar-refractivity contribution in [2.75, 3.05) is 5.73 Å². The van der Waals surface area contributed by atoms with E-state index in [4.69, 9.17) is 10.5 Å². The molecule has 0 saturated heterocycles. The van der Waals surface area contributed by atoms with E-state index in [0.29, 0.717) is 10.5 Å². The zero-order chi connectivity index (χ0) is 17.3. The minimum Gasteiger partial charge on any atom is -0.448 e. The summed E-state index contributed by atoms with van der Waals surface area (Å²) in [6.45, 7) is 9.03. The third-order valence-electron chi connectivity index (χ3n) is 3.29. The molecule has 0 aliphatic carbocycles. The number of carbonyl (C=O) groups is 2. The normalized spacial score (nSPS) is 12.4. The van der Waals surface area contributed by atoms with E-state index < -0.39 is 12.1 Å². The number of thiophene rings is 1. The molecule has 6 nitrogen and oxygen atoms in total. The number of nitrogens with zero attached hydrogens (tertiary/aromatic N) is 1. The Morgan fingerprint density at radius 1 is 1.30 bits per heavy atom. The van der Waals surface area contributed by atoms with Gasteiger partial charge in [-0.3, -0.25) is 4.79 Å². The number of carbonyl (C=O) groups excluding carboxylic acids is 2. The second kappa shape index (κ2) is 6.54. The van der Waals surface area contributed by atoms with Gasteiger partial charge in [0, 0.05) is 17.1 Å². The van der Waals surface area contributed by atoms with Gasteiger partial charge in [0.1, 0.15) is 9.71 Å². The molecule has 0 radical (unpaired) electrons. The number of aryl methyl sites for hydroxylation is 2. The first-order valence-electron chi connectivity index (χ1n) is 7.38. The molecular formula is C16H21N3O3S. The number of rotatable bonds is 4. The number of ether oxygens (including phenoxy) is 1. The van der Waals surface area contributed by atoms with Crippen LogP contribution in [0.4, 0.5) is 5.69 Å². The van der Waals surface area contributed by atoms with E-state index in [1.54, 1.807) is 0 Å². The second-order valence-corrected chi connectivity index (χ2v) is 6.82. The van der Waals surface area contributed by atoms with Gasteiger partial charge in [-0.05, 0) is 46.2 Å². The van der Waals surface area contributed by atoms with Crippen LogP contribution < -0.4 is 11.1 Å². The molecule has 3 N–H and O–H groups in total. The highest BCUT2D eigenvalue weighted by Crippen LogP contribution is 2.35. The molecule has 2 aromatic heterocycles. The number of pyridine rings is 1. The summed E-state index contributed by atoms with van der Waals surface area (Å²) < 4.78 is 5.23. The van der Waals surface area contributed by atoms with Crippen LogP contribution in [0.25, 0.3) is 10.2 Å². The molecular weight excluding hydrogens is 314 g/mol. The van der Waals surface area contributed by atoms with Crippen molar-refractivity contribution in [3.05, 3.63) is 22.2 Å². The van der Waals surface area contributed by atoms with Crippen molar-refractivity contribution in [3.63, 3.8) is 0 Å². The average Bonchev–Trinajstić information content (AvgIpc) is 2.74. The second-order valence-electron chi connectivity index (χ2n) is 5.82. The fourth-order valence-corrected chi connectivity index (χ4v) is 3.39. The SMILES string of the molecule is Cc1cc(C)c2c(N)c(C(=O)O[C@H](C)C(=O)NC(C)C)sc2n1. The molecule has 23 heavy (non-hydrogen) atoms. The summed E-state index contributed by atoms with van der Waals surface area (Å²) in [5.41, 5.74) is 8.28. The van der Waals surface area contributed by atoms with Crippen molar-refractivity contribution in [2.45, 2.75) is 46.8 Å². The molecule has 1 atom stereocenters. The molecule has 2 rings (SSSR count). The minimum atomic E-state index is -0.884. The Morgan fingerprint density at radius 2 is 1.96 bits per heavy atom. The fraction of sp³-hybridized carbons (Fsp3) is 0.438. The van der Waals surface area contributed by atoms with Crippen LogP contribution in [0.3, 0.4) is 0 Å². The average molecular weight is 335 g/mol. The van der Waals surface area contributed by atoms with Crippen LogP contribution >= 0.6 is 11.3 Å². The van der Waals surface area contributed by atoms with Gasteiger partial charge in [-0.1, -0.05) is 0 Å². The monoisotopic (exact) mass is 335 g/mol. The van der Waals surface area contributed by atoms with Crippen LogP contribution in [-0.4, -0.2) is 29.0 Å². The number of fused-ring (bicyclic) bond motifs is 1. The van der Waals surface area contributed by atoms with E-state index in [0.717, 1.165) is 16.6 Å². The maximum absolute atomic E-state index is 12.3. The van der Waals surface area contributed by atoms with Crippen LogP contribution in [-0.2, 0) is 9.53 Å². The standard InChI is InChI=1S/C16H21N3O3S/c1-7(2)18-14(20)10(5)22-16(21)13-12(17)11-8(3)6-9(4)19-15(11)23-13/h6-7,10H,17H2,1-5H3,(H,18,20)/t10-/m1/s1. The lowest BCUT2D eigenvalue weighted by atomic mass is 10.1. The smallest absolute Gasteiger partial charge is 0.351 e. The summed E-state index contributed by atoms with van der Waals surface area (Å²) in [6, 6.07) is 1.90. The topological polar surface area (TPSA) is 94.3 Å². The summed E-state index contributed by atoms with van der Waals surface area (Å²) in [5, 5.41) is 3.47. The van der Waals surface area contributed by atoms with Gasteiger partial charge >= 0.3 is 5.97 Å². The first-order chi connectivity index (χ1) is 10.7. The Balaban J connectivity index is 2.26. The van der Waals surface area contributed by atoms with Gasteiger partial charge < -0.3 is 15.8 Å². The lowest BCUT2D eigenvalue weighted by Gasteiger charge is -2.15. The van der Waals surface area contributed by atoms with E-state index in [1.165, 1.54) is 18.3 Å². The summed E-state index contributed by atoms with van der Waals surface area (Å²) in [4.78, 5) is 29.6. The molecule has 0 unspecified atom stereocenters. The molecule has 0 aliphatic rings. The van der Waals surface area contributed by atoms with Gasteiger partial charge in [0.2, 0.25) is 0 Å². The molecule has 124 valence electrons. The Hall–Kier alpha value is -2.15. The Labute approximate surface area is 139 Å². The van der Waals surface area contributed by atoms with Crippen molar-refractivity contribution in [3.8, 4) is 0 Å². The molecule has 0 saturated carbocycles. The van der Waals surface area contributed by atoms with Crippen molar-refractivity contribution in [1.82, 2.24) is 10.3 Å². The van der Waals surface area contributed by atoms with Crippen LogP contribution in [0.1, 0.15) is 41.7 Å². The Bertz CT molecular complexity index is 768. The van der Waals surface area contributed by atoms with Gasteiger partial charge in [-0.25, -0.2) is 9.78 Å². The molecule has 1 amide bonds. The number of hydrogen-bond acceptors (Lipinski definition) is 6. The maximum Gasteiger partial charge on any atom is 0.351 e. The molecule has 0 bridgehead atoms. The highest BCUT2D eigenvalue weighted by atomic mass is 32.1. The van der Waals surface area contributed by atoms with E-state index in [2.05, 4.69) is 10.3 Å². The number of anilines is 1. The van der Waals surface area contributed by atoms with Crippen LogP contribution in [0.15, 0.2) is 6.07 Å². The predicted molar refractivity (Wildman–Crippen MR) is 91.7 cm³/mol. The van der Waals surface area contributed by atoms with Crippen molar-refractivity contribution >= 4 is 39.1 Å². The van der Waals surface area contributed by atoms with Crippen molar-refractivity contribution < 1.29 is 14.3 Å². The van der Waals surface area contributed by atoms with Gasteiger partial charge in [0.15, 0.2) is 6.10 Å². The zero-order valence-corrected chi connectivity index (χ0v) is 14.7. The Kier molecular flexibility index (Phi) is 4.89. The summed E-state index contributed by atoms with van der Waals surface area (Å²) in [6.07, 6.45) is -0.884. The number of hydrogen-bond donors (Lipinski definition) is 2. The van der Waals surface area contributed by atoms with Crippen molar-refractivity contribution in [1.29, 1.82) is 0 Å². The lowest BCUT2D eigenvalue weighted by Crippen LogP contribution is -2.39. The summed E-state index contributed by atoms with van der Waals surface area (Å²) in [5.74, 6) is -0.938. The van der Waals surface area contributed by atoms with Gasteiger partial charge in [-0.15, -0.1) is 11.3 Å². The van der Waals surface area contributed by atoms with Crippen LogP contribution in [0.5, 0.6) is 0 Å². The molecule has 2 aromatic rings. The Morgan fingerprint density at radius 3 is 2.57 bits per heavy atom. The largest absolute Gasteiger partial charge is 0.448 e. The number of nitrogens with one attached hydrogen (secondary N) is 1. The van der Waals surface area contributed by atoms with Crippen LogP contribution in [0.2, 0.25) is 0 Å². The third kappa shape index (κ3) is 3.61. The minimum absolute atomic E-state index is 0.0205. The molecule has 0 aromatic carbocycles. The molecule has 0 spiro atoms. The van der Waals surface area contributed by atoms with Crippen molar-refractivity contribution in [2.24, 2.45) is 0 Å². The maximum atomic E-state index is 12.3.